The Morgan fingerprint density at radius 3 is 2.18 bits per heavy atom. The van der Waals surface area contributed by atoms with Gasteiger partial charge in [0.15, 0.2) is 11.5 Å². The van der Waals surface area contributed by atoms with Crippen LogP contribution in [0, 0.1) is 10.1 Å². The standard InChI is InChI=1S/C25H26N2O6/c1-3-33-24-13-21(22(27(29)30)14-23(24)31-2)25(28)26-15-18-9-11-20(12-10-18)17-32-16-19-7-5-4-6-8-19/h4-14H,3,15-17H2,1-2H3,(H,26,28). The van der Waals surface area contributed by atoms with Crippen LogP contribution in [0.25, 0.3) is 0 Å². The lowest BCUT2D eigenvalue weighted by molar-refractivity contribution is -0.385. The Labute approximate surface area is 192 Å². The van der Waals surface area contributed by atoms with Gasteiger partial charge in [-0.3, -0.25) is 14.9 Å². The molecule has 1 N–H and O–H groups in total. The summed E-state index contributed by atoms with van der Waals surface area (Å²) in [4.78, 5) is 23.6. The van der Waals surface area contributed by atoms with Crippen molar-refractivity contribution in [3.8, 4) is 11.5 Å². The molecule has 3 aromatic rings. The molecular weight excluding hydrogens is 424 g/mol. The number of nitro groups is 1. The van der Waals surface area contributed by atoms with Crippen molar-refractivity contribution in [2.45, 2.75) is 26.7 Å². The summed E-state index contributed by atoms with van der Waals surface area (Å²) in [5.74, 6) is -0.0960. The van der Waals surface area contributed by atoms with Crippen molar-refractivity contribution in [3.05, 3.63) is 99.1 Å². The molecular formula is C25H26N2O6. The second-order valence-electron chi connectivity index (χ2n) is 7.19. The molecule has 3 aromatic carbocycles. The number of hydrogen-bond donors (Lipinski definition) is 1. The van der Waals surface area contributed by atoms with Gasteiger partial charge in [0, 0.05) is 12.6 Å². The summed E-state index contributed by atoms with van der Waals surface area (Å²) in [7, 11) is 1.39. The zero-order valence-corrected chi connectivity index (χ0v) is 18.6. The third-order valence-corrected chi connectivity index (χ3v) is 4.88. The maximum Gasteiger partial charge on any atom is 0.286 e. The van der Waals surface area contributed by atoms with E-state index in [-0.39, 0.29) is 29.3 Å². The maximum atomic E-state index is 12.7. The topological polar surface area (TPSA) is 99.9 Å². The highest BCUT2D eigenvalue weighted by molar-refractivity contribution is 5.99. The van der Waals surface area contributed by atoms with E-state index in [0.717, 1.165) is 16.7 Å². The molecule has 8 heteroatoms. The highest BCUT2D eigenvalue weighted by Crippen LogP contribution is 2.34. The fraction of sp³-hybridized carbons (Fsp3) is 0.240. The van der Waals surface area contributed by atoms with Gasteiger partial charge in [-0.25, -0.2) is 0 Å². The molecule has 0 unspecified atom stereocenters. The third kappa shape index (κ3) is 6.54. The Bertz CT molecular complexity index is 1080. The van der Waals surface area contributed by atoms with Crippen LogP contribution in [-0.2, 0) is 24.5 Å². The minimum Gasteiger partial charge on any atom is -0.493 e. The minimum absolute atomic E-state index is 0.0878. The molecule has 0 bridgehead atoms. The lowest BCUT2D eigenvalue weighted by Crippen LogP contribution is -2.24. The van der Waals surface area contributed by atoms with Gasteiger partial charge >= 0.3 is 0 Å². The van der Waals surface area contributed by atoms with E-state index in [9.17, 15) is 14.9 Å². The molecule has 172 valence electrons. The first-order chi connectivity index (χ1) is 16.0. The molecule has 8 nitrogen and oxygen atoms in total. The third-order valence-electron chi connectivity index (χ3n) is 4.88. The number of ether oxygens (including phenoxy) is 3. The van der Waals surface area contributed by atoms with Gasteiger partial charge in [-0.15, -0.1) is 0 Å². The van der Waals surface area contributed by atoms with Gasteiger partial charge in [0.05, 0.1) is 37.9 Å². The Hall–Kier alpha value is -3.91. The van der Waals surface area contributed by atoms with Crippen molar-refractivity contribution in [1.29, 1.82) is 0 Å². The molecule has 0 radical (unpaired) electrons. The second-order valence-corrected chi connectivity index (χ2v) is 7.19. The molecule has 0 aliphatic heterocycles. The molecule has 33 heavy (non-hydrogen) atoms. The van der Waals surface area contributed by atoms with E-state index >= 15 is 0 Å². The van der Waals surface area contributed by atoms with E-state index in [2.05, 4.69) is 5.32 Å². The van der Waals surface area contributed by atoms with E-state index in [1.54, 1.807) is 6.92 Å². The molecule has 1 amide bonds. The predicted octanol–water partition coefficient (Wildman–Crippen LogP) is 4.65. The van der Waals surface area contributed by atoms with Gasteiger partial charge in [-0.2, -0.15) is 0 Å². The van der Waals surface area contributed by atoms with E-state index in [0.29, 0.717) is 19.8 Å². The van der Waals surface area contributed by atoms with Gasteiger partial charge in [0.25, 0.3) is 11.6 Å². The molecule has 3 rings (SSSR count). The van der Waals surface area contributed by atoms with E-state index in [1.165, 1.54) is 19.2 Å². The number of nitrogens with one attached hydrogen (secondary N) is 1. The first kappa shape index (κ1) is 23.7. The van der Waals surface area contributed by atoms with Crippen LogP contribution in [0.5, 0.6) is 11.5 Å². The number of amides is 1. The number of methoxy groups -OCH3 is 1. The summed E-state index contributed by atoms with van der Waals surface area (Å²) in [6, 6.07) is 20.1. The lowest BCUT2D eigenvalue weighted by Gasteiger charge is -2.12. The fourth-order valence-corrected chi connectivity index (χ4v) is 3.20. The summed E-state index contributed by atoms with van der Waals surface area (Å²) in [6.45, 7) is 3.33. The van der Waals surface area contributed by atoms with Crippen molar-refractivity contribution in [2.75, 3.05) is 13.7 Å². The van der Waals surface area contributed by atoms with Gasteiger partial charge in [0.1, 0.15) is 5.56 Å². The number of nitrogens with zero attached hydrogens (tertiary/aromatic N) is 1. The van der Waals surface area contributed by atoms with E-state index in [1.807, 2.05) is 54.6 Å². The molecule has 0 heterocycles. The number of carbonyl (C=O) groups is 1. The van der Waals surface area contributed by atoms with Crippen molar-refractivity contribution >= 4 is 11.6 Å². The van der Waals surface area contributed by atoms with Crippen LogP contribution in [-0.4, -0.2) is 24.5 Å². The van der Waals surface area contributed by atoms with E-state index < -0.39 is 10.8 Å². The SMILES string of the molecule is CCOc1cc(C(=O)NCc2ccc(COCc3ccccc3)cc2)c([N+](=O)[O-])cc1OC. The number of benzene rings is 3. The van der Waals surface area contributed by atoms with Crippen LogP contribution in [0.3, 0.4) is 0 Å². The molecule has 0 saturated carbocycles. The Kier molecular flexibility index (Phi) is 8.37. The van der Waals surface area contributed by atoms with Crippen LogP contribution in [0.1, 0.15) is 34.0 Å². The summed E-state index contributed by atoms with van der Waals surface area (Å²) in [6.07, 6.45) is 0. The minimum atomic E-state index is -0.614. The van der Waals surface area contributed by atoms with Crippen LogP contribution in [0.2, 0.25) is 0 Å². The average Bonchev–Trinajstić information content (AvgIpc) is 2.84. The molecule has 0 aromatic heterocycles. The zero-order chi connectivity index (χ0) is 23.6. The van der Waals surface area contributed by atoms with Crippen molar-refractivity contribution in [3.63, 3.8) is 0 Å². The molecule has 0 atom stereocenters. The quantitative estimate of drug-likeness (QED) is 0.337. The summed E-state index contributed by atoms with van der Waals surface area (Å²) in [5, 5.41) is 14.2. The van der Waals surface area contributed by atoms with Crippen LogP contribution in [0.15, 0.2) is 66.7 Å². The highest BCUT2D eigenvalue weighted by Gasteiger charge is 2.24. The van der Waals surface area contributed by atoms with Gasteiger partial charge in [-0.05, 0) is 23.6 Å². The average molecular weight is 450 g/mol. The maximum absolute atomic E-state index is 12.7. The molecule has 0 fully saturated rings. The first-order valence-electron chi connectivity index (χ1n) is 10.5. The van der Waals surface area contributed by atoms with Gasteiger partial charge < -0.3 is 19.5 Å². The molecule has 0 spiro atoms. The second kappa shape index (κ2) is 11.6. The van der Waals surface area contributed by atoms with Gasteiger partial charge in [-0.1, -0.05) is 54.6 Å². The molecule has 0 aliphatic rings. The van der Waals surface area contributed by atoms with E-state index in [4.69, 9.17) is 14.2 Å². The Balaban J connectivity index is 1.61. The summed E-state index contributed by atoms with van der Waals surface area (Å²) >= 11 is 0. The first-order valence-corrected chi connectivity index (χ1v) is 10.5. The van der Waals surface area contributed by atoms with Crippen molar-refractivity contribution in [2.24, 2.45) is 0 Å². The zero-order valence-electron chi connectivity index (χ0n) is 18.6. The van der Waals surface area contributed by atoms with Crippen LogP contribution in [0.4, 0.5) is 5.69 Å². The van der Waals surface area contributed by atoms with Crippen molar-refractivity contribution < 1.29 is 23.9 Å². The highest BCUT2D eigenvalue weighted by atomic mass is 16.6. The van der Waals surface area contributed by atoms with Crippen LogP contribution < -0.4 is 14.8 Å². The number of nitro benzene ring substituents is 1. The normalized spacial score (nSPS) is 10.5. The largest absolute Gasteiger partial charge is 0.493 e. The van der Waals surface area contributed by atoms with Gasteiger partial charge in [0.2, 0.25) is 0 Å². The monoisotopic (exact) mass is 450 g/mol. The number of hydrogen-bond acceptors (Lipinski definition) is 6. The summed E-state index contributed by atoms with van der Waals surface area (Å²) in [5.41, 5.74) is 2.54. The number of carbonyl (C=O) groups excluding carboxylic acids is 1. The molecule has 0 saturated heterocycles. The van der Waals surface area contributed by atoms with Crippen LogP contribution >= 0.6 is 0 Å². The lowest BCUT2D eigenvalue weighted by atomic mass is 10.1. The smallest absolute Gasteiger partial charge is 0.286 e. The Morgan fingerprint density at radius 2 is 1.58 bits per heavy atom. The Morgan fingerprint density at radius 1 is 0.939 bits per heavy atom. The molecule has 0 aliphatic carbocycles. The number of rotatable bonds is 11. The summed E-state index contributed by atoms with van der Waals surface area (Å²) < 4.78 is 16.3. The predicted molar refractivity (Wildman–Crippen MR) is 123 cm³/mol. The van der Waals surface area contributed by atoms with Crippen molar-refractivity contribution in [1.82, 2.24) is 5.32 Å². The fourth-order valence-electron chi connectivity index (χ4n) is 3.20.